The molecule has 0 spiro atoms. The number of aromatic nitrogens is 3. The van der Waals surface area contributed by atoms with Gasteiger partial charge in [-0.05, 0) is 68.4 Å². The van der Waals surface area contributed by atoms with Crippen molar-refractivity contribution in [1.82, 2.24) is 40.3 Å². The maximum absolute atomic E-state index is 14.2. The van der Waals surface area contributed by atoms with Crippen molar-refractivity contribution in [3.63, 3.8) is 0 Å². The lowest BCUT2D eigenvalue weighted by molar-refractivity contribution is -0.138. The molecule has 2 aromatic heterocycles. The summed E-state index contributed by atoms with van der Waals surface area (Å²) in [5.41, 5.74) is 2.17. The van der Waals surface area contributed by atoms with Crippen LogP contribution in [0.4, 0.5) is 17.5 Å². The summed E-state index contributed by atoms with van der Waals surface area (Å²) < 4.78 is 11.7. The lowest BCUT2D eigenvalue weighted by Gasteiger charge is -2.34. The van der Waals surface area contributed by atoms with Crippen LogP contribution in [0.1, 0.15) is 88.8 Å². The van der Waals surface area contributed by atoms with Gasteiger partial charge in [-0.25, -0.2) is 9.97 Å². The minimum atomic E-state index is -0.640. The van der Waals surface area contributed by atoms with E-state index in [2.05, 4.69) is 42.7 Å². The number of nitrogens with zero attached hydrogens (tertiary/aromatic N) is 6. The van der Waals surface area contributed by atoms with Gasteiger partial charge >= 0.3 is 0 Å². The number of hydrogen-bond donors (Lipinski definition) is 4. The first-order valence-electron chi connectivity index (χ1n) is 21.9. The van der Waals surface area contributed by atoms with E-state index in [0.29, 0.717) is 77.0 Å². The Balaban J connectivity index is 0.875. The maximum Gasteiger partial charge on any atom is 0.267 e. The summed E-state index contributed by atoms with van der Waals surface area (Å²) in [5.74, 6) is 1.23. The van der Waals surface area contributed by atoms with Gasteiger partial charge in [-0.2, -0.15) is 4.98 Å². The highest BCUT2D eigenvalue weighted by molar-refractivity contribution is 7.10. The van der Waals surface area contributed by atoms with E-state index in [9.17, 15) is 19.2 Å². The zero-order valence-corrected chi connectivity index (χ0v) is 38.2. The Hall–Kier alpha value is -5.78. The van der Waals surface area contributed by atoms with Crippen LogP contribution in [0.25, 0.3) is 0 Å². The van der Waals surface area contributed by atoms with Crippen molar-refractivity contribution in [1.29, 1.82) is 0 Å². The van der Waals surface area contributed by atoms with E-state index in [0.717, 1.165) is 76.0 Å². The highest BCUT2D eigenvalue weighted by Gasteiger charge is 2.40. The number of piperazine rings is 1. The van der Waals surface area contributed by atoms with Crippen LogP contribution in [0.3, 0.4) is 0 Å². The average Bonchev–Trinajstić information content (AvgIpc) is 4.03. The topological polar surface area (TPSA) is 183 Å². The van der Waals surface area contributed by atoms with Crippen LogP contribution in [0, 0.1) is 5.92 Å². The summed E-state index contributed by atoms with van der Waals surface area (Å²) in [5, 5.41) is 14.7. The third-order valence-corrected chi connectivity index (χ3v) is 13.4. The number of likely N-dealkylation sites (tertiary alicyclic amines) is 1. The number of methoxy groups -OCH3 is 1. The number of hydrogen-bond acceptors (Lipinski definition) is 14. The molecule has 2 aromatic carbocycles. The van der Waals surface area contributed by atoms with Crippen LogP contribution in [-0.2, 0) is 9.59 Å². The number of carbonyl (C=O) groups excluding carboxylic acids is 4. The summed E-state index contributed by atoms with van der Waals surface area (Å²) in [7, 11) is 4.91. The zero-order chi connectivity index (χ0) is 45.2. The standard InChI is InChI=1S/C46H57ClN10O6S/c1-29(48-2)42(59)53-39(30-11-6-5-7-12-30)45(61)57-19-9-15-37(57)43-51-36(28-64-43)40(58)31-13-8-14-33(25-31)63-24-10-18-55-20-22-56(23-21-55)44(60)32-16-17-35(38(26-32)62-4)52-46-50-27-34(47)41(49-3)54-46/h8,13-14,16-17,25-28,30,37,39,48H,1,5-7,9-12,15,18-24H2,2-4H3,(H,53,59)(H2,49,50,52,54)/t37-,39-/m0/s1. The number of ketones is 1. The maximum atomic E-state index is 14.2. The largest absolute Gasteiger partial charge is 0.495 e. The molecule has 3 aliphatic rings. The first-order valence-corrected chi connectivity index (χ1v) is 23.2. The second-order valence-corrected chi connectivity index (χ2v) is 17.5. The Labute approximate surface area is 383 Å². The lowest BCUT2D eigenvalue weighted by Crippen LogP contribution is -2.53. The van der Waals surface area contributed by atoms with E-state index in [1.54, 1.807) is 63.0 Å². The van der Waals surface area contributed by atoms with Gasteiger partial charge < -0.3 is 40.5 Å². The van der Waals surface area contributed by atoms with Gasteiger partial charge in [0.2, 0.25) is 17.6 Å². The molecule has 340 valence electrons. The van der Waals surface area contributed by atoms with E-state index in [1.165, 1.54) is 17.5 Å². The molecule has 0 unspecified atom stereocenters. The van der Waals surface area contributed by atoms with Gasteiger partial charge in [-0.15, -0.1) is 11.3 Å². The molecule has 2 atom stereocenters. The molecule has 18 heteroatoms. The Bertz CT molecular complexity index is 2310. The number of thiazole rings is 1. The fraction of sp³-hybridized carbons (Fsp3) is 0.457. The van der Waals surface area contributed by atoms with E-state index >= 15 is 0 Å². The van der Waals surface area contributed by atoms with Gasteiger partial charge in [-0.3, -0.25) is 24.1 Å². The van der Waals surface area contributed by atoms with Crippen molar-refractivity contribution in [2.45, 2.75) is 63.5 Å². The molecule has 4 N–H and O–H groups in total. The van der Waals surface area contributed by atoms with Crippen LogP contribution in [-0.4, -0.2) is 126 Å². The molecule has 4 heterocycles. The first kappa shape index (κ1) is 46.2. The van der Waals surface area contributed by atoms with Gasteiger partial charge in [-0.1, -0.05) is 49.6 Å². The Kier molecular flexibility index (Phi) is 15.7. The van der Waals surface area contributed by atoms with Gasteiger partial charge in [0.1, 0.15) is 39.1 Å². The summed E-state index contributed by atoms with van der Waals surface area (Å²) >= 11 is 7.51. The van der Waals surface area contributed by atoms with Crippen LogP contribution in [0.2, 0.25) is 5.02 Å². The average molecular weight is 914 g/mol. The van der Waals surface area contributed by atoms with E-state index in [1.807, 2.05) is 15.9 Å². The Morgan fingerprint density at radius 1 is 0.953 bits per heavy atom. The minimum absolute atomic E-state index is 0.0596. The minimum Gasteiger partial charge on any atom is -0.495 e. The van der Waals surface area contributed by atoms with Crippen molar-refractivity contribution >= 4 is 63.9 Å². The summed E-state index contributed by atoms with van der Waals surface area (Å²) in [6.07, 6.45) is 8.80. The van der Waals surface area contributed by atoms with Crippen molar-refractivity contribution in [3.05, 3.63) is 93.2 Å². The number of likely N-dealkylation sites (N-methyl/N-ethyl adjacent to an activating group) is 1. The lowest BCUT2D eigenvalue weighted by atomic mass is 9.83. The normalized spacial score (nSPS) is 17.3. The predicted molar refractivity (Wildman–Crippen MR) is 248 cm³/mol. The smallest absolute Gasteiger partial charge is 0.267 e. The first-order chi connectivity index (χ1) is 31.1. The highest BCUT2D eigenvalue weighted by Crippen LogP contribution is 2.37. The highest BCUT2D eigenvalue weighted by atomic mass is 35.5. The summed E-state index contributed by atoms with van der Waals surface area (Å²) in [6.45, 7) is 8.29. The number of anilines is 3. The molecule has 0 radical (unpaired) electrons. The van der Waals surface area contributed by atoms with Gasteiger partial charge in [0, 0.05) is 69.9 Å². The van der Waals surface area contributed by atoms with Crippen molar-refractivity contribution in [3.8, 4) is 11.5 Å². The fourth-order valence-corrected chi connectivity index (χ4v) is 9.69. The van der Waals surface area contributed by atoms with E-state index in [4.69, 9.17) is 26.1 Å². The van der Waals surface area contributed by atoms with Crippen LogP contribution in [0.5, 0.6) is 11.5 Å². The number of rotatable bonds is 18. The predicted octanol–water partition coefficient (Wildman–Crippen LogP) is 6.30. The molecule has 3 amide bonds. The van der Waals surface area contributed by atoms with Gasteiger partial charge in [0.25, 0.3) is 11.8 Å². The molecular weight excluding hydrogens is 856 g/mol. The zero-order valence-electron chi connectivity index (χ0n) is 36.7. The SMILES string of the molecule is C=C(NC)C(=O)N[C@H](C(=O)N1CCC[C@H]1c1nc(C(=O)c2cccc(OCCCN3CCN(C(=O)c4ccc(Nc5ncc(Cl)c(NC)n5)c(OC)c4)CC3)c2)cs1)C1CCCCC1. The molecule has 16 nitrogen and oxygen atoms in total. The molecule has 3 fully saturated rings. The third-order valence-electron chi connectivity index (χ3n) is 12.1. The number of benzene rings is 2. The van der Waals surface area contributed by atoms with E-state index in [-0.39, 0.29) is 41.2 Å². The Morgan fingerprint density at radius 2 is 1.75 bits per heavy atom. The number of nitrogens with one attached hydrogen (secondary N) is 4. The second-order valence-electron chi connectivity index (χ2n) is 16.2. The molecule has 2 aliphatic heterocycles. The van der Waals surface area contributed by atoms with Crippen LogP contribution >= 0.6 is 22.9 Å². The van der Waals surface area contributed by atoms with Crippen molar-refractivity contribution < 1.29 is 28.7 Å². The van der Waals surface area contributed by atoms with Gasteiger partial charge in [0.15, 0.2) is 0 Å². The fourth-order valence-electron chi connectivity index (χ4n) is 8.56. The quantitative estimate of drug-likeness (QED) is 0.0496. The second kappa shape index (κ2) is 21.7. The number of carbonyl (C=O) groups is 4. The third kappa shape index (κ3) is 11.1. The van der Waals surface area contributed by atoms with Crippen LogP contribution in [0.15, 0.2) is 66.3 Å². The molecule has 7 rings (SSSR count). The molecule has 0 bridgehead atoms. The Morgan fingerprint density at radius 3 is 2.50 bits per heavy atom. The van der Waals surface area contributed by atoms with E-state index < -0.39 is 6.04 Å². The number of amides is 3. The molecule has 64 heavy (non-hydrogen) atoms. The molecule has 1 saturated carbocycles. The number of ether oxygens (including phenoxy) is 2. The van der Waals surface area contributed by atoms with Crippen molar-refractivity contribution in [2.24, 2.45) is 5.92 Å². The van der Waals surface area contributed by atoms with Crippen LogP contribution < -0.4 is 30.7 Å². The monoisotopic (exact) mass is 912 g/mol. The van der Waals surface area contributed by atoms with Gasteiger partial charge in [0.05, 0.1) is 37.3 Å². The number of halogens is 1. The molecular formula is C46H57ClN10O6S. The summed E-state index contributed by atoms with van der Waals surface area (Å²) in [6, 6.07) is 11.5. The molecule has 4 aromatic rings. The van der Waals surface area contributed by atoms with Crippen molar-refractivity contribution in [2.75, 3.05) is 77.7 Å². The molecule has 2 saturated heterocycles. The molecule has 1 aliphatic carbocycles. The summed E-state index contributed by atoms with van der Waals surface area (Å²) in [4.78, 5) is 73.6.